The van der Waals surface area contributed by atoms with Crippen molar-refractivity contribution in [2.75, 3.05) is 6.54 Å². The zero-order chi connectivity index (χ0) is 10.1. The molecule has 0 aliphatic carbocycles. The summed E-state index contributed by atoms with van der Waals surface area (Å²) in [4.78, 5) is 10.2. The van der Waals surface area contributed by atoms with Crippen LogP contribution in [0, 0.1) is 5.92 Å². The van der Waals surface area contributed by atoms with E-state index in [0.717, 1.165) is 25.7 Å². The Hall–Kier alpha value is -0.990. The molecule has 76 valence electrons. The van der Waals surface area contributed by atoms with Crippen molar-refractivity contribution in [2.24, 2.45) is 5.92 Å². The molecule has 0 aliphatic heterocycles. The summed E-state index contributed by atoms with van der Waals surface area (Å²) < 4.78 is 0. The molecule has 0 aromatic carbocycles. The summed E-state index contributed by atoms with van der Waals surface area (Å²) in [7, 11) is 0. The highest BCUT2D eigenvalue weighted by atomic mass is 16.4. The lowest BCUT2D eigenvalue weighted by atomic mass is 9.96. The van der Waals surface area contributed by atoms with Crippen molar-refractivity contribution in [3.05, 3.63) is 12.7 Å². The second-order valence-electron chi connectivity index (χ2n) is 3.20. The lowest BCUT2D eigenvalue weighted by molar-refractivity contribution is 0.193. The van der Waals surface area contributed by atoms with Gasteiger partial charge < -0.3 is 10.4 Å². The van der Waals surface area contributed by atoms with Crippen LogP contribution in [0.5, 0.6) is 0 Å². The number of allylic oxidation sites excluding steroid dienone is 1. The molecular weight excluding hydrogens is 166 g/mol. The average molecular weight is 185 g/mol. The Morgan fingerprint density at radius 2 is 2.31 bits per heavy atom. The summed E-state index contributed by atoms with van der Waals surface area (Å²) in [5.41, 5.74) is 0. The highest BCUT2D eigenvalue weighted by Gasteiger charge is 2.05. The first-order chi connectivity index (χ1) is 6.20. The van der Waals surface area contributed by atoms with Crippen molar-refractivity contribution in [2.45, 2.75) is 32.6 Å². The zero-order valence-corrected chi connectivity index (χ0v) is 8.25. The summed E-state index contributed by atoms with van der Waals surface area (Å²) in [6.07, 6.45) is 5.15. The van der Waals surface area contributed by atoms with Gasteiger partial charge in [0.1, 0.15) is 0 Å². The van der Waals surface area contributed by atoms with E-state index in [9.17, 15) is 4.79 Å². The van der Waals surface area contributed by atoms with Gasteiger partial charge in [-0.1, -0.05) is 25.8 Å². The van der Waals surface area contributed by atoms with Gasteiger partial charge in [0.05, 0.1) is 0 Å². The van der Waals surface area contributed by atoms with Crippen LogP contribution in [-0.4, -0.2) is 17.7 Å². The fraction of sp³-hybridized carbons (Fsp3) is 0.700. The monoisotopic (exact) mass is 185 g/mol. The van der Waals surface area contributed by atoms with Crippen LogP contribution in [0.25, 0.3) is 0 Å². The molecule has 0 aromatic rings. The Kier molecular flexibility index (Phi) is 7.07. The van der Waals surface area contributed by atoms with E-state index < -0.39 is 6.09 Å². The highest BCUT2D eigenvalue weighted by molar-refractivity contribution is 5.64. The maximum Gasteiger partial charge on any atom is 0.404 e. The maximum absolute atomic E-state index is 10.2. The first-order valence-electron chi connectivity index (χ1n) is 4.78. The largest absolute Gasteiger partial charge is 0.465 e. The predicted octanol–water partition coefficient (Wildman–Crippen LogP) is 2.64. The predicted molar refractivity (Wildman–Crippen MR) is 53.9 cm³/mol. The van der Waals surface area contributed by atoms with Gasteiger partial charge in [-0.3, -0.25) is 0 Å². The molecule has 13 heavy (non-hydrogen) atoms. The SMILES string of the molecule is C=CCC(CCC)CCNC(=O)O. The first-order valence-corrected chi connectivity index (χ1v) is 4.78. The molecule has 0 bridgehead atoms. The van der Waals surface area contributed by atoms with Gasteiger partial charge >= 0.3 is 6.09 Å². The van der Waals surface area contributed by atoms with Crippen molar-refractivity contribution in [1.29, 1.82) is 0 Å². The van der Waals surface area contributed by atoms with Gasteiger partial charge in [-0.2, -0.15) is 0 Å². The lowest BCUT2D eigenvalue weighted by Gasteiger charge is -2.13. The molecule has 0 aliphatic rings. The molecule has 1 amide bonds. The minimum absolute atomic E-state index is 0.549. The summed E-state index contributed by atoms with van der Waals surface area (Å²) in [6, 6.07) is 0. The maximum atomic E-state index is 10.2. The average Bonchev–Trinajstić information content (AvgIpc) is 2.04. The van der Waals surface area contributed by atoms with Crippen molar-refractivity contribution in [1.82, 2.24) is 5.32 Å². The quantitative estimate of drug-likeness (QED) is 0.599. The minimum Gasteiger partial charge on any atom is -0.465 e. The van der Waals surface area contributed by atoms with Crippen LogP contribution in [0.3, 0.4) is 0 Å². The van der Waals surface area contributed by atoms with Crippen molar-refractivity contribution < 1.29 is 9.90 Å². The zero-order valence-electron chi connectivity index (χ0n) is 8.25. The fourth-order valence-corrected chi connectivity index (χ4v) is 1.41. The van der Waals surface area contributed by atoms with Gasteiger partial charge in [-0.25, -0.2) is 4.79 Å². The smallest absolute Gasteiger partial charge is 0.404 e. The first kappa shape index (κ1) is 12.0. The number of hydrogen-bond acceptors (Lipinski definition) is 1. The molecule has 1 unspecified atom stereocenters. The van der Waals surface area contributed by atoms with E-state index in [4.69, 9.17) is 5.11 Å². The third-order valence-corrected chi connectivity index (χ3v) is 2.03. The second-order valence-corrected chi connectivity index (χ2v) is 3.20. The van der Waals surface area contributed by atoms with Crippen LogP contribution in [0.1, 0.15) is 32.6 Å². The van der Waals surface area contributed by atoms with E-state index in [0.29, 0.717) is 12.5 Å². The molecule has 2 N–H and O–H groups in total. The van der Waals surface area contributed by atoms with Crippen LogP contribution in [0.2, 0.25) is 0 Å². The molecule has 3 nitrogen and oxygen atoms in total. The third-order valence-electron chi connectivity index (χ3n) is 2.03. The Morgan fingerprint density at radius 1 is 1.62 bits per heavy atom. The second kappa shape index (κ2) is 7.65. The summed E-state index contributed by atoms with van der Waals surface area (Å²) in [6.45, 7) is 6.38. The van der Waals surface area contributed by atoms with E-state index in [1.54, 1.807) is 0 Å². The minimum atomic E-state index is -0.936. The van der Waals surface area contributed by atoms with Gasteiger partial charge in [0.2, 0.25) is 0 Å². The van der Waals surface area contributed by atoms with Gasteiger partial charge in [0.25, 0.3) is 0 Å². The van der Waals surface area contributed by atoms with Crippen LogP contribution in [0.15, 0.2) is 12.7 Å². The molecule has 0 rings (SSSR count). The van der Waals surface area contributed by atoms with Crippen LogP contribution in [0.4, 0.5) is 4.79 Å². The van der Waals surface area contributed by atoms with Crippen LogP contribution >= 0.6 is 0 Å². The number of nitrogens with one attached hydrogen (secondary N) is 1. The normalized spacial score (nSPS) is 12.1. The van der Waals surface area contributed by atoms with Crippen LogP contribution < -0.4 is 5.32 Å². The fourth-order valence-electron chi connectivity index (χ4n) is 1.41. The molecule has 1 atom stereocenters. The third kappa shape index (κ3) is 7.37. The Labute approximate surface area is 79.8 Å². The number of hydrogen-bond donors (Lipinski definition) is 2. The van der Waals surface area contributed by atoms with E-state index in [-0.39, 0.29) is 0 Å². The molecule has 3 heteroatoms. The van der Waals surface area contributed by atoms with E-state index in [2.05, 4.69) is 18.8 Å². The lowest BCUT2D eigenvalue weighted by Crippen LogP contribution is -2.23. The standard InChI is InChI=1S/C10H19NO2/c1-3-5-9(6-4-2)7-8-11-10(12)13/h3,9,11H,1,4-8H2,2H3,(H,12,13). The van der Waals surface area contributed by atoms with Crippen molar-refractivity contribution in [3.8, 4) is 0 Å². The summed E-state index contributed by atoms with van der Waals surface area (Å²) in [5, 5.41) is 10.7. The summed E-state index contributed by atoms with van der Waals surface area (Å²) in [5.74, 6) is 0.578. The topological polar surface area (TPSA) is 49.3 Å². The van der Waals surface area contributed by atoms with Gasteiger partial charge in [-0.05, 0) is 18.8 Å². The molecular formula is C10H19NO2. The molecule has 0 radical (unpaired) electrons. The Morgan fingerprint density at radius 3 is 2.77 bits per heavy atom. The molecule has 0 saturated carbocycles. The number of rotatable bonds is 7. The van der Waals surface area contributed by atoms with Gasteiger partial charge in [0, 0.05) is 6.54 Å². The van der Waals surface area contributed by atoms with E-state index in [1.165, 1.54) is 0 Å². The van der Waals surface area contributed by atoms with Crippen molar-refractivity contribution in [3.63, 3.8) is 0 Å². The number of carboxylic acid groups (broad SMARTS) is 1. The van der Waals surface area contributed by atoms with E-state index in [1.807, 2.05) is 6.08 Å². The molecule has 0 heterocycles. The summed E-state index contributed by atoms with van der Waals surface area (Å²) >= 11 is 0. The molecule has 0 spiro atoms. The number of carbonyl (C=O) groups is 1. The Bertz CT molecular complexity index is 157. The molecule has 0 fully saturated rings. The highest BCUT2D eigenvalue weighted by Crippen LogP contribution is 2.14. The molecule has 0 aromatic heterocycles. The van der Waals surface area contributed by atoms with Gasteiger partial charge in [-0.15, -0.1) is 6.58 Å². The van der Waals surface area contributed by atoms with E-state index >= 15 is 0 Å². The Balaban J connectivity index is 3.55. The molecule has 0 saturated heterocycles. The van der Waals surface area contributed by atoms with Crippen LogP contribution in [-0.2, 0) is 0 Å². The van der Waals surface area contributed by atoms with Gasteiger partial charge in [0.15, 0.2) is 0 Å². The van der Waals surface area contributed by atoms with Crippen molar-refractivity contribution >= 4 is 6.09 Å². The number of amides is 1.